The number of hydrogen-bond acceptors (Lipinski definition) is 2. The second-order valence-electron chi connectivity index (χ2n) is 5.23. The van der Waals surface area contributed by atoms with Crippen molar-refractivity contribution in [1.29, 1.82) is 0 Å². The average Bonchev–Trinajstić information content (AvgIpc) is 2.54. The summed E-state index contributed by atoms with van der Waals surface area (Å²) in [6.45, 7) is 4.66. The summed E-state index contributed by atoms with van der Waals surface area (Å²) >= 11 is 0. The number of carbonyl (C=O) groups excluding carboxylic acids is 1. The molecule has 112 valence electrons. The van der Waals surface area contributed by atoms with Gasteiger partial charge in [0.25, 0.3) is 0 Å². The summed E-state index contributed by atoms with van der Waals surface area (Å²) in [7, 11) is 0. The van der Waals surface area contributed by atoms with E-state index in [0.29, 0.717) is 12.2 Å². The normalized spacial score (nSPS) is 10.5. The first-order chi connectivity index (χ1) is 10.6. The Labute approximate surface area is 131 Å². The number of benzene rings is 2. The van der Waals surface area contributed by atoms with E-state index in [4.69, 9.17) is 4.74 Å². The summed E-state index contributed by atoms with van der Waals surface area (Å²) < 4.78 is 5.60. The second-order valence-corrected chi connectivity index (χ2v) is 5.23. The molecule has 2 aromatic carbocycles. The van der Waals surface area contributed by atoms with E-state index in [2.05, 4.69) is 0 Å². The van der Waals surface area contributed by atoms with Crippen LogP contribution in [0.25, 0.3) is 6.08 Å². The fourth-order valence-electron chi connectivity index (χ4n) is 1.85. The predicted molar refractivity (Wildman–Crippen MR) is 91.2 cm³/mol. The summed E-state index contributed by atoms with van der Waals surface area (Å²) in [5, 5.41) is 0. The van der Waals surface area contributed by atoms with E-state index < -0.39 is 0 Å². The smallest absolute Gasteiger partial charge is 0.185 e. The largest absolute Gasteiger partial charge is 0.490 e. The average molecular weight is 292 g/mol. The van der Waals surface area contributed by atoms with E-state index in [-0.39, 0.29) is 5.78 Å². The van der Waals surface area contributed by atoms with Crippen LogP contribution >= 0.6 is 0 Å². The molecule has 0 aliphatic carbocycles. The quantitative estimate of drug-likeness (QED) is 0.429. The Bertz CT molecular complexity index is 661. The number of hydrogen-bond donors (Lipinski definition) is 0. The molecule has 0 saturated heterocycles. The van der Waals surface area contributed by atoms with Crippen molar-refractivity contribution in [2.24, 2.45) is 0 Å². The second kappa shape index (κ2) is 7.99. The zero-order valence-electron chi connectivity index (χ0n) is 13.0. The van der Waals surface area contributed by atoms with Crippen molar-refractivity contribution >= 4 is 11.9 Å². The third-order valence-electron chi connectivity index (χ3n) is 3.11. The van der Waals surface area contributed by atoms with E-state index in [0.717, 1.165) is 11.3 Å². The van der Waals surface area contributed by atoms with Crippen LogP contribution in [0, 0.1) is 0 Å². The van der Waals surface area contributed by atoms with Crippen molar-refractivity contribution in [1.82, 2.24) is 0 Å². The van der Waals surface area contributed by atoms with Crippen LogP contribution in [0.3, 0.4) is 0 Å². The molecule has 0 saturated carbocycles. The zero-order chi connectivity index (χ0) is 15.8. The van der Waals surface area contributed by atoms with Crippen LogP contribution in [0.5, 0.6) is 5.75 Å². The van der Waals surface area contributed by atoms with Crippen LogP contribution in [-0.2, 0) is 0 Å². The van der Waals surface area contributed by atoms with Crippen LogP contribution in [0.4, 0.5) is 0 Å². The Hall–Kier alpha value is -2.61. The minimum Gasteiger partial charge on any atom is -0.490 e. The molecule has 2 rings (SSSR count). The van der Waals surface area contributed by atoms with Gasteiger partial charge in [-0.05, 0) is 43.7 Å². The van der Waals surface area contributed by atoms with Crippen LogP contribution < -0.4 is 4.74 Å². The van der Waals surface area contributed by atoms with Gasteiger partial charge in [-0.25, -0.2) is 0 Å². The number of carbonyl (C=O) groups is 1. The standard InChI is InChI=1S/C20H20O2/c1-16(2)14-15-22-19-11-8-17(9-12-19)10-13-20(21)18-6-4-3-5-7-18/h3-14H,15H2,1-2H3/b13-10+. The van der Waals surface area contributed by atoms with E-state index in [1.54, 1.807) is 6.08 Å². The molecule has 0 spiro atoms. The molecule has 0 fully saturated rings. The van der Waals surface area contributed by atoms with Gasteiger partial charge in [0.1, 0.15) is 12.4 Å². The van der Waals surface area contributed by atoms with Crippen molar-refractivity contribution in [2.75, 3.05) is 6.61 Å². The third-order valence-corrected chi connectivity index (χ3v) is 3.11. The van der Waals surface area contributed by atoms with Crippen molar-refractivity contribution < 1.29 is 9.53 Å². The maximum atomic E-state index is 12.0. The molecular weight excluding hydrogens is 272 g/mol. The molecule has 2 aromatic rings. The van der Waals surface area contributed by atoms with Crippen LogP contribution in [0.15, 0.2) is 72.3 Å². The van der Waals surface area contributed by atoms with Gasteiger partial charge < -0.3 is 4.74 Å². The highest BCUT2D eigenvalue weighted by Gasteiger charge is 1.99. The summed E-state index contributed by atoms with van der Waals surface area (Å²) in [6, 6.07) is 16.9. The molecule has 0 bridgehead atoms. The molecule has 0 aromatic heterocycles. The van der Waals surface area contributed by atoms with Crippen molar-refractivity contribution in [3.05, 3.63) is 83.4 Å². The topological polar surface area (TPSA) is 26.3 Å². The van der Waals surface area contributed by atoms with Gasteiger partial charge >= 0.3 is 0 Å². The molecule has 0 atom stereocenters. The Morgan fingerprint density at radius 3 is 2.32 bits per heavy atom. The predicted octanol–water partition coefficient (Wildman–Crippen LogP) is 4.93. The zero-order valence-corrected chi connectivity index (χ0v) is 13.0. The third kappa shape index (κ3) is 5.06. The molecule has 0 N–H and O–H groups in total. The monoisotopic (exact) mass is 292 g/mol. The minimum absolute atomic E-state index is 0.00415. The van der Waals surface area contributed by atoms with Gasteiger partial charge in [0.05, 0.1) is 0 Å². The van der Waals surface area contributed by atoms with E-state index >= 15 is 0 Å². The van der Waals surface area contributed by atoms with Crippen molar-refractivity contribution in [2.45, 2.75) is 13.8 Å². The highest BCUT2D eigenvalue weighted by molar-refractivity contribution is 6.06. The lowest BCUT2D eigenvalue weighted by molar-refractivity contribution is 0.104. The van der Waals surface area contributed by atoms with Crippen LogP contribution in [0.1, 0.15) is 29.8 Å². The van der Waals surface area contributed by atoms with Gasteiger partial charge in [0.15, 0.2) is 5.78 Å². The first kappa shape index (κ1) is 15.8. The van der Waals surface area contributed by atoms with E-state index in [1.807, 2.05) is 80.6 Å². The first-order valence-corrected chi connectivity index (χ1v) is 7.29. The fourth-order valence-corrected chi connectivity index (χ4v) is 1.85. The Morgan fingerprint density at radius 1 is 1.00 bits per heavy atom. The summed E-state index contributed by atoms with van der Waals surface area (Å²) in [6.07, 6.45) is 5.44. The van der Waals surface area contributed by atoms with Gasteiger partial charge in [-0.3, -0.25) is 4.79 Å². The number of rotatable bonds is 6. The van der Waals surface area contributed by atoms with Crippen LogP contribution in [0.2, 0.25) is 0 Å². The molecule has 22 heavy (non-hydrogen) atoms. The lowest BCUT2D eigenvalue weighted by Gasteiger charge is -2.03. The molecule has 0 unspecified atom stereocenters. The Kier molecular flexibility index (Phi) is 5.73. The molecule has 0 aliphatic heterocycles. The minimum atomic E-state index is 0.00415. The molecule has 0 amide bonds. The summed E-state index contributed by atoms with van der Waals surface area (Å²) in [4.78, 5) is 12.0. The summed E-state index contributed by atoms with van der Waals surface area (Å²) in [5.41, 5.74) is 2.90. The van der Waals surface area contributed by atoms with Gasteiger partial charge in [0.2, 0.25) is 0 Å². The van der Waals surface area contributed by atoms with Crippen LogP contribution in [-0.4, -0.2) is 12.4 Å². The molecule has 0 radical (unpaired) electrons. The summed E-state index contributed by atoms with van der Waals surface area (Å²) in [5.74, 6) is 0.827. The Balaban J connectivity index is 1.95. The lowest BCUT2D eigenvalue weighted by Crippen LogP contribution is -1.94. The van der Waals surface area contributed by atoms with Gasteiger partial charge in [-0.1, -0.05) is 54.1 Å². The number of allylic oxidation sites excluding steroid dienone is 2. The number of ether oxygens (including phenoxy) is 1. The van der Waals surface area contributed by atoms with Gasteiger partial charge in [-0.15, -0.1) is 0 Å². The van der Waals surface area contributed by atoms with E-state index in [1.165, 1.54) is 5.57 Å². The van der Waals surface area contributed by atoms with Gasteiger partial charge in [0, 0.05) is 5.56 Å². The molecule has 2 heteroatoms. The van der Waals surface area contributed by atoms with Gasteiger partial charge in [-0.2, -0.15) is 0 Å². The van der Waals surface area contributed by atoms with Crippen molar-refractivity contribution in [3.63, 3.8) is 0 Å². The highest BCUT2D eigenvalue weighted by Crippen LogP contribution is 2.14. The Morgan fingerprint density at radius 2 is 1.68 bits per heavy atom. The molecular formula is C20H20O2. The SMILES string of the molecule is CC(C)=CCOc1ccc(/C=C/C(=O)c2ccccc2)cc1. The fraction of sp³-hybridized carbons (Fsp3) is 0.150. The molecule has 0 heterocycles. The van der Waals surface area contributed by atoms with Crippen molar-refractivity contribution in [3.8, 4) is 5.75 Å². The maximum absolute atomic E-state index is 12.0. The molecule has 2 nitrogen and oxygen atoms in total. The highest BCUT2D eigenvalue weighted by atomic mass is 16.5. The first-order valence-electron chi connectivity index (χ1n) is 7.29. The number of ketones is 1. The van der Waals surface area contributed by atoms with E-state index in [9.17, 15) is 4.79 Å². The molecule has 0 aliphatic rings. The lowest BCUT2D eigenvalue weighted by atomic mass is 10.1. The maximum Gasteiger partial charge on any atom is 0.185 e.